The summed E-state index contributed by atoms with van der Waals surface area (Å²) in [6.45, 7) is 4.41. The van der Waals surface area contributed by atoms with Crippen molar-refractivity contribution in [1.29, 1.82) is 0 Å². The van der Waals surface area contributed by atoms with Gasteiger partial charge in [0.05, 0.1) is 24.8 Å². The lowest BCUT2D eigenvalue weighted by atomic mass is 10.2. The van der Waals surface area contributed by atoms with Crippen LogP contribution in [0.2, 0.25) is 0 Å². The zero-order valence-electron chi connectivity index (χ0n) is 12.3. The third-order valence-electron chi connectivity index (χ3n) is 3.03. The molecule has 0 aliphatic rings. The molecule has 0 fully saturated rings. The molecule has 2 heterocycles. The average Bonchev–Trinajstić information content (AvgIpc) is 3.14. The Morgan fingerprint density at radius 2 is 2.29 bits per heavy atom. The number of hydrogen-bond donors (Lipinski definition) is 1. The molecule has 0 saturated heterocycles. The second-order valence-electron chi connectivity index (χ2n) is 4.57. The highest BCUT2D eigenvalue weighted by atomic mass is 32.1. The standard InChI is InChI=1S/C15H20N2O2S2/c1-3-12(13-6-5-9-20-13)17-15-16-11(10-21-15)7-8-14(18)19-4-2/h5-6,9-10,12H,3-4,7-8H2,1-2H3,(H,16,17). The van der Waals surface area contributed by atoms with Gasteiger partial charge in [0.1, 0.15) is 0 Å². The van der Waals surface area contributed by atoms with Crippen molar-refractivity contribution in [1.82, 2.24) is 4.98 Å². The first-order chi connectivity index (χ1) is 10.2. The van der Waals surface area contributed by atoms with Crippen LogP contribution < -0.4 is 5.32 Å². The quantitative estimate of drug-likeness (QED) is 0.737. The lowest BCUT2D eigenvalue weighted by Crippen LogP contribution is -2.08. The summed E-state index contributed by atoms with van der Waals surface area (Å²) in [6, 6.07) is 4.51. The van der Waals surface area contributed by atoms with Gasteiger partial charge in [-0.1, -0.05) is 13.0 Å². The van der Waals surface area contributed by atoms with Crippen LogP contribution in [0.1, 0.15) is 43.3 Å². The summed E-state index contributed by atoms with van der Waals surface area (Å²) in [6.07, 6.45) is 2.03. The van der Waals surface area contributed by atoms with Crippen molar-refractivity contribution in [3.63, 3.8) is 0 Å². The van der Waals surface area contributed by atoms with E-state index in [1.807, 2.05) is 12.3 Å². The van der Waals surface area contributed by atoms with Crippen LogP contribution in [0.25, 0.3) is 0 Å². The number of nitrogens with one attached hydrogen (secondary N) is 1. The lowest BCUT2D eigenvalue weighted by molar-refractivity contribution is -0.143. The molecule has 1 unspecified atom stereocenters. The van der Waals surface area contributed by atoms with Gasteiger partial charge in [0, 0.05) is 16.7 Å². The zero-order valence-corrected chi connectivity index (χ0v) is 13.9. The number of anilines is 1. The summed E-state index contributed by atoms with van der Waals surface area (Å²) in [7, 11) is 0. The summed E-state index contributed by atoms with van der Waals surface area (Å²) in [4.78, 5) is 17.2. The van der Waals surface area contributed by atoms with E-state index in [1.165, 1.54) is 4.88 Å². The van der Waals surface area contributed by atoms with Gasteiger partial charge in [-0.15, -0.1) is 22.7 Å². The van der Waals surface area contributed by atoms with Gasteiger partial charge in [0.15, 0.2) is 5.13 Å². The number of carbonyl (C=O) groups is 1. The van der Waals surface area contributed by atoms with Crippen LogP contribution in [0.4, 0.5) is 5.13 Å². The molecule has 21 heavy (non-hydrogen) atoms. The Hall–Kier alpha value is -1.40. The number of aromatic nitrogens is 1. The average molecular weight is 324 g/mol. The Kier molecular flexibility index (Phi) is 6.20. The summed E-state index contributed by atoms with van der Waals surface area (Å²) >= 11 is 3.34. The van der Waals surface area contributed by atoms with Crippen molar-refractivity contribution < 1.29 is 9.53 Å². The Morgan fingerprint density at radius 3 is 2.95 bits per heavy atom. The van der Waals surface area contributed by atoms with Crippen LogP contribution in [0.15, 0.2) is 22.9 Å². The molecule has 0 aliphatic heterocycles. The number of nitrogens with zero attached hydrogens (tertiary/aromatic N) is 1. The number of esters is 1. The van der Waals surface area contributed by atoms with Crippen molar-refractivity contribution in [2.75, 3.05) is 11.9 Å². The molecule has 2 aromatic rings. The smallest absolute Gasteiger partial charge is 0.306 e. The summed E-state index contributed by atoms with van der Waals surface area (Å²) < 4.78 is 4.92. The molecule has 2 aromatic heterocycles. The van der Waals surface area contributed by atoms with Gasteiger partial charge in [-0.3, -0.25) is 4.79 Å². The van der Waals surface area contributed by atoms with Gasteiger partial charge in [0.2, 0.25) is 0 Å². The van der Waals surface area contributed by atoms with E-state index in [2.05, 4.69) is 34.7 Å². The largest absolute Gasteiger partial charge is 0.466 e. The third kappa shape index (κ3) is 4.82. The molecule has 0 aromatic carbocycles. The Bertz CT molecular complexity index is 552. The highest BCUT2D eigenvalue weighted by Gasteiger charge is 2.12. The van der Waals surface area contributed by atoms with Gasteiger partial charge < -0.3 is 10.1 Å². The number of rotatable bonds is 8. The van der Waals surface area contributed by atoms with Crippen molar-refractivity contribution in [2.45, 2.75) is 39.2 Å². The van der Waals surface area contributed by atoms with E-state index in [0.29, 0.717) is 25.5 Å². The molecule has 0 bridgehead atoms. The SMILES string of the molecule is CCOC(=O)CCc1csc(NC(CC)c2cccs2)n1. The van der Waals surface area contributed by atoms with Crippen molar-refractivity contribution in [2.24, 2.45) is 0 Å². The maximum atomic E-state index is 11.3. The first kappa shape index (κ1) is 16.0. The van der Waals surface area contributed by atoms with Crippen LogP contribution in [-0.4, -0.2) is 17.6 Å². The van der Waals surface area contributed by atoms with E-state index in [1.54, 1.807) is 22.7 Å². The molecule has 114 valence electrons. The number of thiazole rings is 1. The molecule has 1 atom stereocenters. The number of hydrogen-bond acceptors (Lipinski definition) is 6. The van der Waals surface area contributed by atoms with Crippen molar-refractivity contribution in [3.05, 3.63) is 33.5 Å². The third-order valence-corrected chi connectivity index (χ3v) is 4.84. The van der Waals surface area contributed by atoms with Crippen LogP contribution in [0, 0.1) is 0 Å². The van der Waals surface area contributed by atoms with E-state index >= 15 is 0 Å². The van der Waals surface area contributed by atoms with Gasteiger partial charge >= 0.3 is 5.97 Å². The molecular weight excluding hydrogens is 304 g/mol. The highest BCUT2D eigenvalue weighted by molar-refractivity contribution is 7.13. The first-order valence-electron chi connectivity index (χ1n) is 7.12. The molecule has 2 rings (SSSR count). The molecule has 0 amide bonds. The maximum absolute atomic E-state index is 11.3. The molecule has 6 heteroatoms. The van der Waals surface area contributed by atoms with E-state index in [0.717, 1.165) is 17.2 Å². The fourth-order valence-corrected chi connectivity index (χ4v) is 3.62. The summed E-state index contributed by atoms with van der Waals surface area (Å²) in [5, 5.41) is 8.47. The minimum atomic E-state index is -0.162. The topological polar surface area (TPSA) is 51.2 Å². The molecule has 0 radical (unpaired) electrons. The number of aryl methyl sites for hydroxylation is 1. The second kappa shape index (κ2) is 8.14. The van der Waals surface area contributed by atoms with Crippen LogP contribution in [0.5, 0.6) is 0 Å². The van der Waals surface area contributed by atoms with Gasteiger partial charge in [-0.2, -0.15) is 0 Å². The summed E-state index contributed by atoms with van der Waals surface area (Å²) in [5.74, 6) is -0.162. The molecule has 0 spiro atoms. The number of ether oxygens (including phenoxy) is 1. The van der Waals surface area contributed by atoms with E-state index in [-0.39, 0.29) is 5.97 Å². The Balaban J connectivity index is 1.89. The van der Waals surface area contributed by atoms with Crippen LogP contribution >= 0.6 is 22.7 Å². The van der Waals surface area contributed by atoms with Crippen molar-refractivity contribution in [3.8, 4) is 0 Å². The first-order valence-corrected chi connectivity index (χ1v) is 8.88. The lowest BCUT2D eigenvalue weighted by Gasteiger charge is -2.14. The van der Waals surface area contributed by atoms with Crippen molar-refractivity contribution >= 4 is 33.8 Å². The molecule has 1 N–H and O–H groups in total. The van der Waals surface area contributed by atoms with Crippen LogP contribution in [0.3, 0.4) is 0 Å². The van der Waals surface area contributed by atoms with E-state index in [9.17, 15) is 4.79 Å². The zero-order chi connectivity index (χ0) is 15.1. The predicted molar refractivity (Wildman–Crippen MR) is 88.0 cm³/mol. The molecule has 0 aliphatic carbocycles. The fourth-order valence-electron chi connectivity index (χ4n) is 1.96. The van der Waals surface area contributed by atoms with Crippen LogP contribution in [-0.2, 0) is 16.0 Å². The van der Waals surface area contributed by atoms with E-state index < -0.39 is 0 Å². The number of thiophene rings is 1. The summed E-state index contributed by atoms with van der Waals surface area (Å²) in [5.41, 5.74) is 0.941. The number of carbonyl (C=O) groups excluding carboxylic acids is 1. The van der Waals surface area contributed by atoms with Gasteiger partial charge in [-0.05, 0) is 24.8 Å². The van der Waals surface area contributed by atoms with Gasteiger partial charge in [0.25, 0.3) is 0 Å². The fraction of sp³-hybridized carbons (Fsp3) is 0.467. The van der Waals surface area contributed by atoms with Gasteiger partial charge in [-0.25, -0.2) is 4.98 Å². The minimum absolute atomic E-state index is 0.162. The Labute approximate surface area is 133 Å². The van der Waals surface area contributed by atoms with E-state index in [4.69, 9.17) is 4.74 Å². The highest BCUT2D eigenvalue weighted by Crippen LogP contribution is 2.28. The monoisotopic (exact) mass is 324 g/mol. The minimum Gasteiger partial charge on any atom is -0.466 e. The molecule has 0 saturated carbocycles. The Morgan fingerprint density at radius 1 is 1.43 bits per heavy atom. The second-order valence-corrected chi connectivity index (χ2v) is 6.41. The molecule has 4 nitrogen and oxygen atoms in total. The molecular formula is C15H20N2O2S2. The normalized spacial score (nSPS) is 12.1. The maximum Gasteiger partial charge on any atom is 0.306 e. The predicted octanol–water partition coefficient (Wildman–Crippen LogP) is 4.26.